The van der Waals surface area contributed by atoms with E-state index in [0.717, 1.165) is 0 Å². The number of likely N-dealkylation sites (N-methyl/N-ethyl adjacent to an activating group) is 1. The summed E-state index contributed by atoms with van der Waals surface area (Å²) < 4.78 is 27.6. The van der Waals surface area contributed by atoms with Gasteiger partial charge in [-0.2, -0.15) is 0 Å². The highest BCUT2D eigenvalue weighted by molar-refractivity contribution is 7.91. The van der Waals surface area contributed by atoms with Crippen LogP contribution in [0.4, 0.5) is 0 Å². The molecule has 1 N–H and O–H groups in total. The maximum absolute atomic E-state index is 12.0. The van der Waals surface area contributed by atoms with Gasteiger partial charge in [-0.15, -0.1) is 0 Å². The number of carbonyl (C=O) groups is 2. The quantitative estimate of drug-likeness (QED) is 0.658. The van der Waals surface area contributed by atoms with Crippen LogP contribution in [0.3, 0.4) is 0 Å². The Bertz CT molecular complexity index is 505. The second kappa shape index (κ2) is 6.74. The Morgan fingerprint density at radius 1 is 1.43 bits per heavy atom. The number of amides is 1. The third-order valence-electron chi connectivity index (χ3n) is 3.55. The van der Waals surface area contributed by atoms with Gasteiger partial charge in [-0.05, 0) is 20.4 Å². The summed E-state index contributed by atoms with van der Waals surface area (Å²) in [5.41, 5.74) is -0.690. The molecule has 0 aromatic heterocycles. The van der Waals surface area contributed by atoms with E-state index in [1.165, 1.54) is 7.11 Å². The summed E-state index contributed by atoms with van der Waals surface area (Å²) in [7, 11) is 0.00407. The van der Waals surface area contributed by atoms with Gasteiger partial charge in [0.25, 0.3) is 0 Å². The molecule has 1 saturated heterocycles. The molecule has 0 spiro atoms. The molecule has 8 heteroatoms. The van der Waals surface area contributed by atoms with Crippen molar-refractivity contribution < 1.29 is 22.7 Å². The highest BCUT2D eigenvalue weighted by atomic mass is 32.2. The molecule has 1 amide bonds. The third kappa shape index (κ3) is 5.62. The largest absolute Gasteiger partial charge is 0.469 e. The lowest BCUT2D eigenvalue weighted by atomic mass is 10.0. The lowest BCUT2D eigenvalue weighted by molar-refractivity contribution is -0.145. The normalized spacial score (nSPS) is 25.6. The molecule has 0 bridgehead atoms. The smallest absolute Gasteiger partial charge is 0.309 e. The summed E-state index contributed by atoms with van der Waals surface area (Å²) in [5.74, 6) is -0.798. The van der Waals surface area contributed by atoms with Crippen LogP contribution in [0.25, 0.3) is 0 Å². The van der Waals surface area contributed by atoms with Crippen LogP contribution in [0.1, 0.15) is 20.3 Å². The summed E-state index contributed by atoms with van der Waals surface area (Å²) in [5, 5.41) is 2.78. The minimum absolute atomic E-state index is 0.0198. The fourth-order valence-electron chi connectivity index (χ4n) is 2.54. The van der Waals surface area contributed by atoms with Crippen molar-refractivity contribution >= 4 is 21.7 Å². The highest BCUT2D eigenvalue weighted by Crippen LogP contribution is 2.22. The van der Waals surface area contributed by atoms with Gasteiger partial charge in [0.05, 0.1) is 36.6 Å². The van der Waals surface area contributed by atoms with Crippen LogP contribution in [0.15, 0.2) is 0 Å². The van der Waals surface area contributed by atoms with Crippen LogP contribution >= 0.6 is 0 Å². The van der Waals surface area contributed by atoms with Gasteiger partial charge in [0.1, 0.15) is 0 Å². The minimum Gasteiger partial charge on any atom is -0.469 e. The molecular formula is C13H24N2O5S. The lowest BCUT2D eigenvalue weighted by Gasteiger charge is -2.26. The van der Waals surface area contributed by atoms with Crippen LogP contribution in [0.5, 0.6) is 0 Å². The monoisotopic (exact) mass is 320 g/mol. The fourth-order valence-corrected chi connectivity index (χ4v) is 4.63. The maximum atomic E-state index is 12.0. The van der Waals surface area contributed by atoms with Crippen LogP contribution in [0, 0.1) is 5.92 Å². The Balaban J connectivity index is 2.45. The average Bonchev–Trinajstić information content (AvgIpc) is 2.61. The van der Waals surface area contributed by atoms with Crippen LogP contribution in [-0.2, 0) is 24.2 Å². The zero-order valence-electron chi connectivity index (χ0n) is 13.0. The molecule has 1 heterocycles. The van der Waals surface area contributed by atoms with Crippen LogP contribution in [0.2, 0.25) is 0 Å². The van der Waals surface area contributed by atoms with E-state index in [1.54, 1.807) is 25.8 Å². The van der Waals surface area contributed by atoms with Crippen molar-refractivity contribution in [2.75, 3.05) is 38.8 Å². The van der Waals surface area contributed by atoms with Gasteiger partial charge in [0, 0.05) is 6.54 Å². The molecule has 0 saturated carbocycles. The first kappa shape index (κ1) is 17.9. The van der Waals surface area contributed by atoms with Gasteiger partial charge in [0.2, 0.25) is 5.91 Å². The van der Waals surface area contributed by atoms with Crippen molar-refractivity contribution in [3.8, 4) is 0 Å². The molecule has 0 aliphatic carbocycles. The van der Waals surface area contributed by atoms with Gasteiger partial charge in [-0.3, -0.25) is 14.5 Å². The first-order valence-corrected chi connectivity index (χ1v) is 8.67. The predicted octanol–water partition coefficient (Wildman–Crippen LogP) is -0.579. The number of methoxy groups -OCH3 is 1. The number of sulfone groups is 1. The molecule has 7 nitrogen and oxygen atoms in total. The van der Waals surface area contributed by atoms with Crippen molar-refractivity contribution in [3.05, 3.63) is 0 Å². The summed E-state index contributed by atoms with van der Waals surface area (Å²) in [6.45, 7) is 3.98. The second-order valence-corrected chi connectivity index (χ2v) is 8.26. The number of ether oxygens (including phenoxy) is 1. The van der Waals surface area contributed by atoms with Gasteiger partial charge in [0.15, 0.2) is 9.84 Å². The summed E-state index contributed by atoms with van der Waals surface area (Å²) in [6, 6.07) is 0. The third-order valence-corrected chi connectivity index (χ3v) is 5.45. The molecule has 1 fully saturated rings. The van der Waals surface area contributed by atoms with Crippen molar-refractivity contribution in [2.24, 2.45) is 5.92 Å². The zero-order valence-corrected chi connectivity index (χ0v) is 13.8. The highest BCUT2D eigenvalue weighted by Gasteiger charge is 2.39. The average molecular weight is 320 g/mol. The fraction of sp³-hybridized carbons (Fsp3) is 0.846. The van der Waals surface area contributed by atoms with E-state index < -0.39 is 15.4 Å². The van der Waals surface area contributed by atoms with Gasteiger partial charge < -0.3 is 10.1 Å². The molecule has 1 rings (SSSR count). The Labute approximate surface area is 125 Å². The van der Waals surface area contributed by atoms with Crippen molar-refractivity contribution in [3.63, 3.8) is 0 Å². The number of nitrogens with zero attached hydrogens (tertiary/aromatic N) is 1. The molecule has 1 aliphatic rings. The van der Waals surface area contributed by atoms with Gasteiger partial charge >= 0.3 is 5.97 Å². The Hall–Kier alpha value is -1.15. The van der Waals surface area contributed by atoms with E-state index in [4.69, 9.17) is 0 Å². The van der Waals surface area contributed by atoms with Crippen LogP contribution < -0.4 is 5.32 Å². The van der Waals surface area contributed by atoms with E-state index >= 15 is 0 Å². The van der Waals surface area contributed by atoms with E-state index in [2.05, 4.69) is 10.1 Å². The predicted molar refractivity (Wildman–Crippen MR) is 78.5 cm³/mol. The Morgan fingerprint density at radius 3 is 2.52 bits per heavy atom. The van der Waals surface area contributed by atoms with E-state index in [1.807, 2.05) is 0 Å². The molecule has 0 aromatic rings. The molecule has 1 aliphatic heterocycles. The van der Waals surface area contributed by atoms with Gasteiger partial charge in [-0.1, -0.05) is 6.92 Å². The lowest BCUT2D eigenvalue weighted by Crippen LogP contribution is -2.50. The molecule has 0 radical (unpaired) electrons. The SMILES string of the molecule is COC(=O)C(C)CN(C)CC(=O)NC1(C)CCS(=O)(=O)C1. The number of esters is 1. The minimum atomic E-state index is -3.05. The number of rotatable bonds is 6. The Kier molecular flexibility index (Phi) is 5.75. The summed E-state index contributed by atoms with van der Waals surface area (Å²) in [6.07, 6.45) is 0.434. The standard InChI is InChI=1S/C13H24N2O5S/c1-10(12(17)20-4)7-15(3)8-11(16)14-13(2)5-6-21(18,19)9-13/h10H,5-9H2,1-4H3,(H,14,16). The summed E-state index contributed by atoms with van der Waals surface area (Å²) in [4.78, 5) is 25.0. The van der Waals surface area contributed by atoms with Crippen molar-refractivity contribution in [1.29, 1.82) is 0 Å². The second-order valence-electron chi connectivity index (χ2n) is 6.07. The first-order chi connectivity index (χ1) is 9.57. The van der Waals surface area contributed by atoms with E-state index in [-0.39, 0.29) is 35.8 Å². The van der Waals surface area contributed by atoms with E-state index in [9.17, 15) is 18.0 Å². The van der Waals surface area contributed by atoms with Crippen molar-refractivity contribution in [1.82, 2.24) is 10.2 Å². The molecule has 122 valence electrons. The van der Waals surface area contributed by atoms with Crippen LogP contribution in [-0.4, -0.2) is 69.5 Å². The molecule has 21 heavy (non-hydrogen) atoms. The molecule has 2 unspecified atom stereocenters. The topological polar surface area (TPSA) is 92.8 Å². The first-order valence-electron chi connectivity index (χ1n) is 6.85. The number of nitrogens with one attached hydrogen (secondary N) is 1. The molecular weight excluding hydrogens is 296 g/mol. The summed E-state index contributed by atoms with van der Waals surface area (Å²) >= 11 is 0. The number of carbonyl (C=O) groups excluding carboxylic acids is 2. The van der Waals surface area contributed by atoms with E-state index in [0.29, 0.717) is 13.0 Å². The number of hydrogen-bond donors (Lipinski definition) is 1. The maximum Gasteiger partial charge on any atom is 0.309 e. The zero-order chi connectivity index (χ0) is 16.3. The molecule has 2 atom stereocenters. The Morgan fingerprint density at radius 2 is 2.05 bits per heavy atom. The molecule has 0 aromatic carbocycles. The number of hydrogen-bond acceptors (Lipinski definition) is 6. The van der Waals surface area contributed by atoms with Crippen molar-refractivity contribution in [2.45, 2.75) is 25.8 Å². The van der Waals surface area contributed by atoms with Gasteiger partial charge in [-0.25, -0.2) is 8.42 Å².